The Bertz CT molecular complexity index is 514. The minimum atomic E-state index is -0.260. The molecule has 0 saturated carbocycles. The number of carbonyl (C=O) groups excluding carboxylic acids is 1. The Balaban J connectivity index is 1.60. The fourth-order valence-electron chi connectivity index (χ4n) is 3.48. The summed E-state index contributed by atoms with van der Waals surface area (Å²) < 4.78 is 18.4. The highest BCUT2D eigenvalue weighted by molar-refractivity contribution is 5.79. The molecule has 23 heavy (non-hydrogen) atoms. The maximum absolute atomic E-state index is 13.0. The van der Waals surface area contributed by atoms with Gasteiger partial charge in [-0.05, 0) is 37.0 Å². The van der Waals surface area contributed by atoms with E-state index < -0.39 is 0 Å². The molecule has 0 radical (unpaired) electrons. The standard InChI is InChI=1S/C18H25FN2O2/c19-16-6-4-15(5-7-16)13-18(22)21-8-2-1-3-17(21)14-20-9-11-23-12-10-20/h4-7,17H,1-3,8-14H2/t17-/m1/s1. The number of halogens is 1. The molecule has 1 aromatic carbocycles. The third-order valence-electron chi connectivity index (χ3n) is 4.79. The summed E-state index contributed by atoms with van der Waals surface area (Å²) in [7, 11) is 0. The van der Waals surface area contributed by atoms with Crippen molar-refractivity contribution < 1.29 is 13.9 Å². The normalized spacial score (nSPS) is 23.0. The van der Waals surface area contributed by atoms with Crippen molar-refractivity contribution in [2.24, 2.45) is 0 Å². The second-order valence-corrected chi connectivity index (χ2v) is 6.45. The predicted octanol–water partition coefficient (Wildman–Crippen LogP) is 2.08. The molecule has 1 aromatic rings. The van der Waals surface area contributed by atoms with E-state index in [0.29, 0.717) is 12.5 Å². The topological polar surface area (TPSA) is 32.8 Å². The molecule has 2 aliphatic heterocycles. The maximum atomic E-state index is 13.0. The van der Waals surface area contributed by atoms with Gasteiger partial charge in [0.05, 0.1) is 19.6 Å². The van der Waals surface area contributed by atoms with Gasteiger partial charge in [0.15, 0.2) is 0 Å². The lowest BCUT2D eigenvalue weighted by molar-refractivity contribution is -0.134. The largest absolute Gasteiger partial charge is 0.379 e. The van der Waals surface area contributed by atoms with Gasteiger partial charge in [-0.15, -0.1) is 0 Å². The predicted molar refractivity (Wildman–Crippen MR) is 86.7 cm³/mol. The summed E-state index contributed by atoms with van der Waals surface area (Å²) in [5.74, 6) is -0.0982. The van der Waals surface area contributed by atoms with E-state index in [9.17, 15) is 9.18 Å². The number of benzene rings is 1. The quantitative estimate of drug-likeness (QED) is 0.851. The number of likely N-dealkylation sites (tertiary alicyclic amines) is 1. The van der Waals surface area contributed by atoms with Crippen LogP contribution in [0, 0.1) is 5.82 Å². The molecule has 3 rings (SSSR count). The fourth-order valence-corrected chi connectivity index (χ4v) is 3.48. The van der Waals surface area contributed by atoms with Crippen LogP contribution < -0.4 is 0 Å². The lowest BCUT2D eigenvalue weighted by atomic mass is 10.00. The van der Waals surface area contributed by atoms with Gasteiger partial charge in [0.1, 0.15) is 5.82 Å². The molecule has 0 N–H and O–H groups in total. The SMILES string of the molecule is O=C(Cc1ccc(F)cc1)N1CCCC[C@@H]1CN1CCOCC1. The first-order valence-corrected chi connectivity index (χ1v) is 8.56. The van der Waals surface area contributed by atoms with Gasteiger partial charge < -0.3 is 9.64 Å². The Morgan fingerprint density at radius 3 is 2.61 bits per heavy atom. The monoisotopic (exact) mass is 320 g/mol. The van der Waals surface area contributed by atoms with Gasteiger partial charge in [0.2, 0.25) is 5.91 Å². The maximum Gasteiger partial charge on any atom is 0.227 e. The summed E-state index contributed by atoms with van der Waals surface area (Å²) in [6.45, 7) is 5.27. The third kappa shape index (κ3) is 4.52. The molecule has 126 valence electrons. The first-order chi connectivity index (χ1) is 11.2. The first kappa shape index (κ1) is 16.4. The molecule has 4 nitrogen and oxygen atoms in total. The average molecular weight is 320 g/mol. The molecule has 2 heterocycles. The summed E-state index contributed by atoms with van der Waals surface area (Å²) in [6.07, 6.45) is 3.70. The van der Waals surface area contributed by atoms with Gasteiger partial charge in [0.25, 0.3) is 0 Å². The van der Waals surface area contributed by atoms with E-state index >= 15 is 0 Å². The Kier molecular flexibility index (Phi) is 5.62. The zero-order chi connectivity index (χ0) is 16.1. The number of nitrogens with zero attached hydrogens (tertiary/aromatic N) is 2. The van der Waals surface area contributed by atoms with Gasteiger partial charge in [-0.2, -0.15) is 0 Å². The fraction of sp³-hybridized carbons (Fsp3) is 0.611. The summed E-state index contributed by atoms with van der Waals surface area (Å²) in [5, 5.41) is 0. The third-order valence-corrected chi connectivity index (χ3v) is 4.79. The van der Waals surface area contributed by atoms with Crippen molar-refractivity contribution in [1.82, 2.24) is 9.80 Å². The smallest absolute Gasteiger partial charge is 0.227 e. The molecule has 1 amide bonds. The van der Waals surface area contributed by atoms with Crippen LogP contribution in [0.25, 0.3) is 0 Å². The van der Waals surface area contributed by atoms with Crippen LogP contribution >= 0.6 is 0 Å². The Hall–Kier alpha value is -1.46. The van der Waals surface area contributed by atoms with Crippen molar-refractivity contribution in [3.8, 4) is 0 Å². The van der Waals surface area contributed by atoms with E-state index in [1.165, 1.54) is 18.6 Å². The molecule has 2 aliphatic rings. The zero-order valence-electron chi connectivity index (χ0n) is 13.5. The number of morpholine rings is 1. The highest BCUT2D eigenvalue weighted by Gasteiger charge is 2.28. The zero-order valence-corrected chi connectivity index (χ0v) is 13.5. The first-order valence-electron chi connectivity index (χ1n) is 8.56. The Morgan fingerprint density at radius 2 is 1.87 bits per heavy atom. The lowest BCUT2D eigenvalue weighted by Gasteiger charge is -2.39. The number of carbonyl (C=O) groups is 1. The number of piperidine rings is 1. The Labute approximate surface area is 137 Å². The summed E-state index contributed by atoms with van der Waals surface area (Å²) >= 11 is 0. The van der Waals surface area contributed by atoms with E-state index in [1.54, 1.807) is 12.1 Å². The second-order valence-electron chi connectivity index (χ2n) is 6.45. The average Bonchev–Trinajstić information content (AvgIpc) is 2.58. The van der Waals surface area contributed by atoms with E-state index in [4.69, 9.17) is 4.74 Å². The van der Waals surface area contributed by atoms with Crippen LogP contribution in [0.5, 0.6) is 0 Å². The Morgan fingerprint density at radius 1 is 1.13 bits per heavy atom. The molecule has 0 bridgehead atoms. The highest BCUT2D eigenvalue weighted by Crippen LogP contribution is 2.20. The minimum absolute atomic E-state index is 0.162. The van der Waals surface area contributed by atoms with E-state index in [-0.39, 0.29) is 11.7 Å². The van der Waals surface area contributed by atoms with Crippen molar-refractivity contribution in [3.05, 3.63) is 35.6 Å². The molecule has 5 heteroatoms. The number of hydrogen-bond acceptors (Lipinski definition) is 3. The second kappa shape index (κ2) is 7.88. The van der Waals surface area contributed by atoms with Crippen LogP contribution in [0.3, 0.4) is 0 Å². The van der Waals surface area contributed by atoms with Crippen molar-refractivity contribution >= 4 is 5.91 Å². The van der Waals surface area contributed by atoms with Crippen LogP contribution in [0.15, 0.2) is 24.3 Å². The summed E-state index contributed by atoms with van der Waals surface area (Å²) in [4.78, 5) is 17.1. The van der Waals surface area contributed by atoms with Crippen LogP contribution in [0.4, 0.5) is 4.39 Å². The number of hydrogen-bond donors (Lipinski definition) is 0. The lowest BCUT2D eigenvalue weighted by Crippen LogP contribution is -2.51. The molecule has 0 spiro atoms. The molecule has 0 aromatic heterocycles. The number of ether oxygens (including phenoxy) is 1. The number of rotatable bonds is 4. The minimum Gasteiger partial charge on any atom is -0.379 e. The van der Waals surface area contributed by atoms with E-state index in [2.05, 4.69) is 4.90 Å². The van der Waals surface area contributed by atoms with Crippen LogP contribution in [0.2, 0.25) is 0 Å². The molecule has 0 unspecified atom stereocenters. The van der Waals surface area contributed by atoms with Gasteiger partial charge in [-0.25, -0.2) is 4.39 Å². The molecular formula is C18H25FN2O2. The van der Waals surface area contributed by atoms with Gasteiger partial charge in [-0.3, -0.25) is 9.69 Å². The molecule has 2 fully saturated rings. The molecule has 1 atom stereocenters. The van der Waals surface area contributed by atoms with E-state index in [0.717, 1.165) is 57.8 Å². The van der Waals surface area contributed by atoms with E-state index in [1.807, 2.05) is 4.90 Å². The number of amides is 1. The molecule has 0 aliphatic carbocycles. The van der Waals surface area contributed by atoms with Gasteiger partial charge in [-0.1, -0.05) is 12.1 Å². The van der Waals surface area contributed by atoms with Crippen molar-refractivity contribution in [1.29, 1.82) is 0 Å². The summed E-state index contributed by atoms with van der Waals surface area (Å²) in [6, 6.07) is 6.55. The summed E-state index contributed by atoms with van der Waals surface area (Å²) in [5.41, 5.74) is 0.882. The molecule has 2 saturated heterocycles. The van der Waals surface area contributed by atoms with Crippen molar-refractivity contribution in [3.63, 3.8) is 0 Å². The van der Waals surface area contributed by atoms with Crippen molar-refractivity contribution in [2.75, 3.05) is 39.4 Å². The van der Waals surface area contributed by atoms with Gasteiger partial charge in [0, 0.05) is 32.2 Å². The molecular weight excluding hydrogens is 295 g/mol. The highest BCUT2D eigenvalue weighted by atomic mass is 19.1. The van der Waals surface area contributed by atoms with Crippen LogP contribution in [-0.4, -0.2) is 61.1 Å². The van der Waals surface area contributed by atoms with Crippen molar-refractivity contribution in [2.45, 2.75) is 31.7 Å². The van der Waals surface area contributed by atoms with Crippen LogP contribution in [0.1, 0.15) is 24.8 Å². The van der Waals surface area contributed by atoms with Gasteiger partial charge >= 0.3 is 0 Å². The van der Waals surface area contributed by atoms with Crippen LogP contribution in [-0.2, 0) is 16.0 Å².